The molecule has 0 aliphatic heterocycles. The standard InChI is InChI=1S/C19H14N2O3S2/c1-12-2-4-13(5-3-12)15-6-8-25-17(15)18(23)24-11-14-10-16(22)21-7-9-26-19(21)20-14/h2-10H,11H2,1H3. The molecule has 0 aliphatic carbocycles. The number of esters is 1. The second kappa shape index (κ2) is 6.86. The zero-order chi connectivity index (χ0) is 18.1. The van der Waals surface area contributed by atoms with Crippen molar-refractivity contribution in [3.8, 4) is 11.1 Å². The Labute approximate surface area is 157 Å². The van der Waals surface area contributed by atoms with Crippen molar-refractivity contribution in [2.75, 3.05) is 0 Å². The second-order valence-corrected chi connectivity index (χ2v) is 7.54. The van der Waals surface area contributed by atoms with E-state index in [1.807, 2.05) is 42.6 Å². The fourth-order valence-electron chi connectivity index (χ4n) is 2.59. The molecule has 0 N–H and O–H groups in total. The number of carbonyl (C=O) groups excluding carboxylic acids is 1. The highest BCUT2D eigenvalue weighted by molar-refractivity contribution is 7.15. The lowest BCUT2D eigenvalue weighted by atomic mass is 10.1. The van der Waals surface area contributed by atoms with Crippen molar-refractivity contribution in [1.82, 2.24) is 9.38 Å². The van der Waals surface area contributed by atoms with E-state index < -0.39 is 5.97 Å². The minimum Gasteiger partial charge on any atom is -0.455 e. The Balaban J connectivity index is 1.54. The number of nitrogens with zero attached hydrogens (tertiary/aromatic N) is 2. The van der Waals surface area contributed by atoms with Gasteiger partial charge in [-0.05, 0) is 23.9 Å². The van der Waals surface area contributed by atoms with Gasteiger partial charge in [-0.1, -0.05) is 29.8 Å². The molecular formula is C19H14N2O3S2. The Hall–Kier alpha value is -2.77. The number of aromatic nitrogens is 2. The summed E-state index contributed by atoms with van der Waals surface area (Å²) in [5.41, 5.74) is 3.24. The van der Waals surface area contributed by atoms with Crippen molar-refractivity contribution < 1.29 is 9.53 Å². The number of ether oxygens (including phenoxy) is 1. The van der Waals surface area contributed by atoms with E-state index in [9.17, 15) is 9.59 Å². The number of carbonyl (C=O) groups is 1. The van der Waals surface area contributed by atoms with E-state index in [0.717, 1.165) is 16.7 Å². The maximum Gasteiger partial charge on any atom is 0.349 e. The Morgan fingerprint density at radius 1 is 1.15 bits per heavy atom. The van der Waals surface area contributed by atoms with Crippen LogP contribution in [0.25, 0.3) is 16.1 Å². The highest BCUT2D eigenvalue weighted by atomic mass is 32.1. The van der Waals surface area contributed by atoms with Gasteiger partial charge < -0.3 is 4.74 Å². The summed E-state index contributed by atoms with van der Waals surface area (Å²) in [6, 6.07) is 11.3. The molecule has 0 aliphatic rings. The van der Waals surface area contributed by atoms with Gasteiger partial charge in [-0.3, -0.25) is 9.20 Å². The molecule has 1 aromatic carbocycles. The smallest absolute Gasteiger partial charge is 0.349 e. The molecule has 0 amide bonds. The van der Waals surface area contributed by atoms with Crippen LogP contribution in [0.15, 0.2) is 58.1 Å². The Morgan fingerprint density at radius 3 is 2.77 bits per heavy atom. The maximum absolute atomic E-state index is 12.5. The van der Waals surface area contributed by atoms with Crippen LogP contribution in [0.5, 0.6) is 0 Å². The molecule has 130 valence electrons. The average molecular weight is 382 g/mol. The molecule has 0 unspecified atom stereocenters. The van der Waals surface area contributed by atoms with Crippen LogP contribution in [0, 0.1) is 6.92 Å². The lowest BCUT2D eigenvalue weighted by Crippen LogP contribution is -2.14. The summed E-state index contributed by atoms with van der Waals surface area (Å²) in [4.78, 5) is 30.0. The topological polar surface area (TPSA) is 60.7 Å². The van der Waals surface area contributed by atoms with E-state index in [0.29, 0.717) is 15.5 Å². The number of thiazole rings is 1. The predicted molar refractivity (Wildman–Crippen MR) is 103 cm³/mol. The number of rotatable bonds is 4. The molecule has 7 heteroatoms. The number of thiophene rings is 1. The normalized spacial score (nSPS) is 11.0. The Kier molecular flexibility index (Phi) is 4.40. The summed E-state index contributed by atoms with van der Waals surface area (Å²) in [5, 5.41) is 3.66. The predicted octanol–water partition coefficient (Wildman–Crippen LogP) is 4.15. The summed E-state index contributed by atoms with van der Waals surface area (Å²) >= 11 is 2.70. The molecule has 0 saturated carbocycles. The van der Waals surface area contributed by atoms with Gasteiger partial charge in [-0.25, -0.2) is 9.78 Å². The summed E-state index contributed by atoms with van der Waals surface area (Å²) in [7, 11) is 0. The molecule has 4 rings (SSSR count). The SMILES string of the molecule is Cc1ccc(-c2ccsc2C(=O)OCc2cc(=O)n3ccsc3n2)cc1. The zero-order valence-corrected chi connectivity index (χ0v) is 15.5. The quantitative estimate of drug-likeness (QED) is 0.498. The van der Waals surface area contributed by atoms with E-state index in [2.05, 4.69) is 4.98 Å². The van der Waals surface area contributed by atoms with Crippen LogP contribution in [0.2, 0.25) is 0 Å². The molecule has 26 heavy (non-hydrogen) atoms. The van der Waals surface area contributed by atoms with Crippen LogP contribution in [0.3, 0.4) is 0 Å². The molecule has 0 atom stereocenters. The number of benzene rings is 1. The largest absolute Gasteiger partial charge is 0.455 e. The molecule has 4 aromatic rings. The molecule has 3 aromatic heterocycles. The molecule has 0 bridgehead atoms. The minimum atomic E-state index is -0.413. The molecule has 0 spiro atoms. The second-order valence-electron chi connectivity index (χ2n) is 5.75. The van der Waals surface area contributed by atoms with Crippen LogP contribution in [-0.4, -0.2) is 15.4 Å². The number of hydrogen-bond acceptors (Lipinski definition) is 6. The third-order valence-electron chi connectivity index (χ3n) is 3.92. The van der Waals surface area contributed by atoms with Crippen molar-refractivity contribution >= 4 is 33.6 Å². The van der Waals surface area contributed by atoms with Gasteiger partial charge in [-0.2, -0.15) is 0 Å². The lowest BCUT2D eigenvalue weighted by Gasteiger charge is -2.06. The van der Waals surface area contributed by atoms with Gasteiger partial charge in [0.05, 0.1) is 5.69 Å². The highest BCUT2D eigenvalue weighted by Gasteiger charge is 2.17. The molecular weight excluding hydrogens is 368 g/mol. The first kappa shape index (κ1) is 16.7. The highest BCUT2D eigenvalue weighted by Crippen LogP contribution is 2.29. The van der Waals surface area contributed by atoms with Crippen LogP contribution in [0.4, 0.5) is 0 Å². The first-order chi connectivity index (χ1) is 12.6. The Bertz CT molecular complexity index is 1140. The third kappa shape index (κ3) is 3.18. The molecule has 0 saturated heterocycles. The number of fused-ring (bicyclic) bond motifs is 1. The Morgan fingerprint density at radius 2 is 1.96 bits per heavy atom. The fraction of sp³-hybridized carbons (Fsp3) is 0.105. The van der Waals surface area contributed by atoms with Crippen molar-refractivity contribution in [2.24, 2.45) is 0 Å². The number of hydrogen-bond donors (Lipinski definition) is 0. The zero-order valence-electron chi connectivity index (χ0n) is 13.8. The van der Waals surface area contributed by atoms with Crippen molar-refractivity contribution in [3.63, 3.8) is 0 Å². The van der Waals surface area contributed by atoms with Crippen LogP contribution < -0.4 is 5.56 Å². The summed E-state index contributed by atoms with van der Waals surface area (Å²) < 4.78 is 6.87. The van der Waals surface area contributed by atoms with Crippen molar-refractivity contribution in [1.29, 1.82) is 0 Å². The first-order valence-corrected chi connectivity index (χ1v) is 9.65. The molecule has 0 radical (unpaired) electrons. The van der Waals surface area contributed by atoms with Gasteiger partial charge in [-0.15, -0.1) is 22.7 Å². The van der Waals surface area contributed by atoms with Crippen LogP contribution >= 0.6 is 22.7 Å². The fourth-order valence-corrected chi connectivity index (χ4v) is 4.14. The summed E-state index contributed by atoms with van der Waals surface area (Å²) in [6.45, 7) is 1.99. The van der Waals surface area contributed by atoms with E-state index in [-0.39, 0.29) is 12.2 Å². The molecule has 5 nitrogen and oxygen atoms in total. The van der Waals surface area contributed by atoms with Gasteiger partial charge in [0.15, 0.2) is 4.96 Å². The van der Waals surface area contributed by atoms with Crippen molar-refractivity contribution in [3.05, 3.63) is 79.8 Å². The maximum atomic E-state index is 12.5. The molecule has 3 heterocycles. The van der Waals surface area contributed by atoms with E-state index in [1.165, 1.54) is 33.1 Å². The van der Waals surface area contributed by atoms with E-state index in [1.54, 1.807) is 11.6 Å². The first-order valence-electron chi connectivity index (χ1n) is 7.89. The monoisotopic (exact) mass is 382 g/mol. The van der Waals surface area contributed by atoms with Gasteiger partial charge >= 0.3 is 5.97 Å². The van der Waals surface area contributed by atoms with Gasteiger partial charge in [0.1, 0.15) is 11.5 Å². The minimum absolute atomic E-state index is 0.0340. The average Bonchev–Trinajstić information content (AvgIpc) is 3.30. The third-order valence-corrected chi connectivity index (χ3v) is 5.57. The molecule has 0 fully saturated rings. The van der Waals surface area contributed by atoms with Crippen LogP contribution in [0.1, 0.15) is 20.9 Å². The van der Waals surface area contributed by atoms with Gasteiger partial charge in [0, 0.05) is 23.2 Å². The summed E-state index contributed by atoms with van der Waals surface area (Å²) in [6.07, 6.45) is 1.67. The van der Waals surface area contributed by atoms with Gasteiger partial charge in [0.2, 0.25) is 0 Å². The van der Waals surface area contributed by atoms with Crippen LogP contribution in [-0.2, 0) is 11.3 Å². The number of aryl methyl sites for hydroxylation is 1. The van der Waals surface area contributed by atoms with Crippen molar-refractivity contribution in [2.45, 2.75) is 13.5 Å². The lowest BCUT2D eigenvalue weighted by molar-refractivity contribution is 0.0474. The van der Waals surface area contributed by atoms with E-state index in [4.69, 9.17) is 4.74 Å². The summed E-state index contributed by atoms with van der Waals surface area (Å²) in [5.74, 6) is -0.413. The van der Waals surface area contributed by atoms with E-state index >= 15 is 0 Å². The van der Waals surface area contributed by atoms with Gasteiger partial charge in [0.25, 0.3) is 5.56 Å².